The number of aromatic hydroxyl groups is 2. The van der Waals surface area contributed by atoms with Crippen molar-refractivity contribution in [1.82, 2.24) is 14.5 Å². The van der Waals surface area contributed by atoms with Crippen molar-refractivity contribution in [3.8, 4) is 73.2 Å². The zero-order chi connectivity index (χ0) is 41.9. The molecular formula is C54H53N3O2. The minimum Gasteiger partial charge on any atom is -0.508 e. The van der Waals surface area contributed by atoms with Gasteiger partial charge in [-0.1, -0.05) is 147 Å². The van der Waals surface area contributed by atoms with Crippen LogP contribution in [0.5, 0.6) is 11.5 Å². The van der Waals surface area contributed by atoms with Crippen LogP contribution in [0.3, 0.4) is 0 Å². The predicted molar refractivity (Wildman–Crippen MR) is 245 cm³/mol. The van der Waals surface area contributed by atoms with Crippen molar-refractivity contribution < 1.29 is 10.2 Å². The van der Waals surface area contributed by atoms with Gasteiger partial charge in [-0.15, -0.1) is 0 Å². The van der Waals surface area contributed by atoms with E-state index < -0.39 is 0 Å². The number of hydrogen-bond acceptors (Lipinski definition) is 4. The molecular weight excluding hydrogens is 723 g/mol. The summed E-state index contributed by atoms with van der Waals surface area (Å²) < 4.78 is 2.16. The largest absolute Gasteiger partial charge is 0.508 e. The first-order chi connectivity index (χ1) is 28.0. The first-order valence-corrected chi connectivity index (χ1v) is 20.4. The summed E-state index contributed by atoms with van der Waals surface area (Å²) >= 11 is 0. The van der Waals surface area contributed by atoms with Crippen molar-refractivity contribution in [1.29, 1.82) is 0 Å². The van der Waals surface area contributed by atoms with Gasteiger partial charge >= 0.3 is 0 Å². The monoisotopic (exact) mass is 775 g/mol. The Balaban J connectivity index is 1.45. The lowest BCUT2D eigenvalue weighted by molar-refractivity contribution is 0.446. The van der Waals surface area contributed by atoms with Crippen LogP contribution in [-0.4, -0.2) is 24.7 Å². The van der Waals surface area contributed by atoms with E-state index in [1.54, 1.807) is 6.07 Å². The minimum atomic E-state index is -0.342. The number of aromatic nitrogens is 3. The summed E-state index contributed by atoms with van der Waals surface area (Å²) in [6, 6.07) is 47.6. The lowest BCUT2D eigenvalue weighted by atomic mass is 9.79. The lowest BCUT2D eigenvalue weighted by Gasteiger charge is -2.27. The summed E-state index contributed by atoms with van der Waals surface area (Å²) in [4.78, 5) is 10.5. The third kappa shape index (κ3) is 7.66. The van der Waals surface area contributed by atoms with E-state index in [4.69, 9.17) is 9.97 Å². The lowest BCUT2D eigenvalue weighted by Crippen LogP contribution is -2.17. The maximum atomic E-state index is 12.4. The average molecular weight is 776 g/mol. The van der Waals surface area contributed by atoms with Crippen molar-refractivity contribution in [3.05, 3.63) is 162 Å². The molecule has 5 heteroatoms. The maximum absolute atomic E-state index is 12.4. The number of hydrogen-bond donors (Lipinski definition) is 2. The second-order valence-corrected chi connectivity index (χ2v) is 18.8. The highest BCUT2D eigenvalue weighted by atomic mass is 16.3. The van der Waals surface area contributed by atoms with Crippen LogP contribution in [0.15, 0.2) is 146 Å². The molecule has 0 fully saturated rings. The quantitative estimate of drug-likeness (QED) is 0.176. The predicted octanol–water partition coefficient (Wildman–Crippen LogP) is 14.1. The number of fused-ring (bicyclic) bond motifs is 1. The topological polar surface area (TPSA) is 71.2 Å². The number of pyridine rings is 1. The molecule has 0 spiro atoms. The number of phenolic OH excluding ortho intramolecular Hbond substituents is 2. The third-order valence-electron chi connectivity index (χ3n) is 11.3. The van der Waals surface area contributed by atoms with E-state index in [1.807, 2.05) is 42.6 Å². The molecule has 0 aliphatic rings. The van der Waals surface area contributed by atoms with Crippen molar-refractivity contribution in [3.63, 3.8) is 0 Å². The van der Waals surface area contributed by atoms with Gasteiger partial charge in [0.25, 0.3) is 0 Å². The van der Waals surface area contributed by atoms with E-state index in [0.29, 0.717) is 11.4 Å². The van der Waals surface area contributed by atoms with E-state index in [0.717, 1.165) is 72.5 Å². The SMILES string of the molecule is CC(C)(C)c1cc(-c2cc(-c3ccccc3)ccn2)cc(-c2cccc3c2nc(-c2cc(C(C)(C)C)cc(C(C)(C)C)c2O)n3-c2ccc(O)cc2-c2ccccc2)c1. The third-order valence-corrected chi connectivity index (χ3v) is 11.3. The number of benzene rings is 6. The van der Waals surface area contributed by atoms with E-state index in [9.17, 15) is 10.2 Å². The Labute approximate surface area is 348 Å². The van der Waals surface area contributed by atoms with Gasteiger partial charge in [-0.25, -0.2) is 4.98 Å². The Hall–Kier alpha value is -6.46. The summed E-state index contributed by atoms with van der Waals surface area (Å²) in [6.45, 7) is 19.7. The molecule has 0 unspecified atom stereocenters. The highest BCUT2D eigenvalue weighted by Gasteiger charge is 2.29. The fraction of sp³-hybridized carbons (Fsp3) is 0.222. The van der Waals surface area contributed by atoms with Gasteiger partial charge in [-0.05, 0) is 104 Å². The minimum absolute atomic E-state index is 0.153. The molecule has 0 amide bonds. The summed E-state index contributed by atoms with van der Waals surface area (Å²) in [5, 5.41) is 23.3. The second kappa shape index (κ2) is 14.7. The van der Waals surface area contributed by atoms with Gasteiger partial charge in [0.05, 0.1) is 28.0 Å². The molecule has 2 aromatic heterocycles. The van der Waals surface area contributed by atoms with Gasteiger partial charge in [-0.3, -0.25) is 9.55 Å². The van der Waals surface area contributed by atoms with Crippen LogP contribution in [0.25, 0.3) is 72.7 Å². The van der Waals surface area contributed by atoms with Gasteiger partial charge in [0.1, 0.15) is 17.3 Å². The number of nitrogens with zero attached hydrogens (tertiary/aromatic N) is 3. The van der Waals surface area contributed by atoms with E-state index in [2.05, 4.69) is 164 Å². The van der Waals surface area contributed by atoms with Crippen LogP contribution in [0.1, 0.15) is 79.0 Å². The maximum Gasteiger partial charge on any atom is 0.149 e. The molecule has 0 aliphatic heterocycles. The molecule has 0 bridgehead atoms. The molecule has 296 valence electrons. The zero-order valence-corrected chi connectivity index (χ0v) is 35.6. The van der Waals surface area contributed by atoms with Gasteiger partial charge in [-0.2, -0.15) is 0 Å². The van der Waals surface area contributed by atoms with Gasteiger partial charge in [0.2, 0.25) is 0 Å². The van der Waals surface area contributed by atoms with Crippen LogP contribution in [0.2, 0.25) is 0 Å². The summed E-state index contributed by atoms with van der Waals surface area (Å²) in [7, 11) is 0. The molecule has 59 heavy (non-hydrogen) atoms. The standard InChI is InChI=1S/C54H53N3O2/c1-52(2,3)39-28-37(27-38(29-39)46-30-36(25-26-55-46)34-17-12-10-13-18-34)42-21-16-22-48-49(42)56-51(44-31-40(53(4,5)6)32-45(50(44)59)54(7,8)9)57(48)47-24-23-41(58)33-43(47)35-19-14-11-15-20-35/h10-33,58-59H,1-9H3. The molecule has 2 heterocycles. The molecule has 0 saturated carbocycles. The number of phenols is 2. The van der Waals surface area contributed by atoms with E-state index >= 15 is 0 Å². The zero-order valence-electron chi connectivity index (χ0n) is 35.6. The molecule has 5 nitrogen and oxygen atoms in total. The molecule has 2 N–H and O–H groups in total. The van der Waals surface area contributed by atoms with Crippen molar-refractivity contribution in [2.45, 2.75) is 78.6 Å². The Kier molecular flexibility index (Phi) is 9.83. The smallest absolute Gasteiger partial charge is 0.149 e. The molecule has 0 atom stereocenters. The fourth-order valence-electron chi connectivity index (χ4n) is 7.90. The first-order valence-electron chi connectivity index (χ1n) is 20.4. The van der Waals surface area contributed by atoms with Crippen LogP contribution >= 0.6 is 0 Å². The summed E-state index contributed by atoms with van der Waals surface area (Å²) in [5.41, 5.74) is 13.6. The van der Waals surface area contributed by atoms with Crippen LogP contribution in [-0.2, 0) is 16.2 Å². The average Bonchev–Trinajstić information content (AvgIpc) is 3.59. The first kappa shape index (κ1) is 39.4. The number of rotatable bonds is 6. The Morgan fingerprint density at radius 1 is 0.475 bits per heavy atom. The second-order valence-electron chi connectivity index (χ2n) is 18.8. The van der Waals surface area contributed by atoms with Crippen molar-refractivity contribution in [2.75, 3.05) is 0 Å². The molecule has 0 radical (unpaired) electrons. The normalized spacial score (nSPS) is 12.3. The van der Waals surface area contributed by atoms with Crippen LogP contribution in [0.4, 0.5) is 0 Å². The van der Waals surface area contributed by atoms with E-state index in [1.165, 1.54) is 5.56 Å². The van der Waals surface area contributed by atoms with Crippen molar-refractivity contribution in [2.24, 2.45) is 0 Å². The number of imidazole rings is 1. The van der Waals surface area contributed by atoms with E-state index in [-0.39, 0.29) is 27.7 Å². The van der Waals surface area contributed by atoms with Gasteiger partial charge < -0.3 is 10.2 Å². The fourth-order valence-corrected chi connectivity index (χ4v) is 7.90. The molecule has 0 saturated heterocycles. The Morgan fingerprint density at radius 3 is 1.78 bits per heavy atom. The van der Waals surface area contributed by atoms with Gasteiger partial charge in [0.15, 0.2) is 0 Å². The molecule has 8 rings (SSSR count). The van der Waals surface area contributed by atoms with Gasteiger partial charge in [0, 0.05) is 28.5 Å². The molecule has 8 aromatic rings. The highest BCUT2D eigenvalue weighted by molar-refractivity contribution is 5.98. The summed E-state index contributed by atoms with van der Waals surface area (Å²) in [5.74, 6) is 1.00. The van der Waals surface area contributed by atoms with Crippen LogP contribution in [0, 0.1) is 0 Å². The summed E-state index contributed by atoms with van der Waals surface area (Å²) in [6.07, 6.45) is 1.89. The number of para-hydroxylation sites is 1. The Bertz CT molecular complexity index is 2830. The molecule has 0 aliphatic carbocycles. The Morgan fingerprint density at radius 2 is 1.12 bits per heavy atom. The highest BCUT2D eigenvalue weighted by Crippen LogP contribution is 2.46. The molecule has 6 aromatic carbocycles. The van der Waals surface area contributed by atoms with Crippen LogP contribution < -0.4 is 0 Å². The van der Waals surface area contributed by atoms with Crippen molar-refractivity contribution >= 4 is 11.0 Å².